The maximum absolute atomic E-state index is 11.3. The van der Waals surface area contributed by atoms with Crippen LogP contribution in [-0.4, -0.2) is 20.8 Å². The first-order chi connectivity index (χ1) is 6.68. The zero-order valence-corrected chi connectivity index (χ0v) is 9.36. The first-order valence-corrected chi connectivity index (χ1v) is 6.44. The van der Waals surface area contributed by atoms with Crippen LogP contribution in [0.3, 0.4) is 0 Å². The third-order valence-corrected chi connectivity index (χ3v) is 3.32. The van der Waals surface area contributed by atoms with Crippen LogP contribution in [0.25, 0.3) is 0 Å². The number of aromatic nitrogens is 2. The molecule has 4 heteroatoms. The summed E-state index contributed by atoms with van der Waals surface area (Å²) in [6, 6.07) is 0. The largest absolute Gasteiger partial charge is 0.609 e. The predicted octanol–water partition coefficient (Wildman–Crippen LogP) is 1.40. The van der Waals surface area contributed by atoms with Crippen molar-refractivity contribution in [2.45, 2.75) is 37.8 Å². The average molecular weight is 210 g/mol. The minimum atomic E-state index is -1.06. The molecule has 76 valence electrons. The molecule has 0 bridgehead atoms. The van der Waals surface area contributed by atoms with E-state index in [1.54, 1.807) is 6.26 Å². The van der Waals surface area contributed by atoms with Gasteiger partial charge in [0.15, 0.2) is 0 Å². The van der Waals surface area contributed by atoms with Gasteiger partial charge in [-0.05, 0) is 38.2 Å². The molecule has 1 heterocycles. The van der Waals surface area contributed by atoms with E-state index in [1.165, 1.54) is 18.4 Å². The molecule has 0 saturated heterocycles. The molecule has 3 nitrogen and oxygen atoms in total. The van der Waals surface area contributed by atoms with Gasteiger partial charge in [0.1, 0.15) is 6.26 Å². The fourth-order valence-electron chi connectivity index (χ4n) is 1.88. The smallest absolute Gasteiger partial charge is 0.342 e. The van der Waals surface area contributed by atoms with E-state index in [0.717, 1.165) is 24.2 Å². The normalized spacial score (nSPS) is 17.6. The minimum absolute atomic E-state index is 0.489. The van der Waals surface area contributed by atoms with E-state index in [0.29, 0.717) is 5.16 Å². The Morgan fingerprint density at radius 3 is 2.64 bits per heavy atom. The molecule has 1 aliphatic rings. The van der Waals surface area contributed by atoms with Crippen molar-refractivity contribution in [2.75, 3.05) is 6.26 Å². The van der Waals surface area contributed by atoms with Crippen molar-refractivity contribution in [2.24, 2.45) is 0 Å². The maximum atomic E-state index is 11.3. The molecule has 0 saturated carbocycles. The van der Waals surface area contributed by atoms with E-state index in [4.69, 9.17) is 0 Å². The van der Waals surface area contributed by atoms with Crippen LogP contribution in [0.15, 0.2) is 5.16 Å². The summed E-state index contributed by atoms with van der Waals surface area (Å²) in [7, 11) is 0. The molecule has 0 spiro atoms. The van der Waals surface area contributed by atoms with E-state index in [1.807, 2.05) is 6.92 Å². The van der Waals surface area contributed by atoms with Crippen LogP contribution in [-0.2, 0) is 24.0 Å². The van der Waals surface area contributed by atoms with E-state index in [-0.39, 0.29) is 0 Å². The van der Waals surface area contributed by atoms with Crippen LogP contribution in [0.2, 0.25) is 0 Å². The Morgan fingerprint density at radius 1 is 1.21 bits per heavy atom. The van der Waals surface area contributed by atoms with Gasteiger partial charge < -0.3 is 4.55 Å². The molecule has 0 N–H and O–H groups in total. The van der Waals surface area contributed by atoms with E-state index >= 15 is 0 Å². The second-order valence-electron chi connectivity index (χ2n) is 3.68. The summed E-state index contributed by atoms with van der Waals surface area (Å²) >= 11 is -1.06. The van der Waals surface area contributed by atoms with Gasteiger partial charge in [-0.25, -0.2) is 0 Å². The highest BCUT2D eigenvalue weighted by molar-refractivity contribution is 7.90. The molecule has 1 aliphatic carbocycles. The van der Waals surface area contributed by atoms with Gasteiger partial charge >= 0.3 is 5.16 Å². The van der Waals surface area contributed by atoms with Gasteiger partial charge in [-0.2, -0.15) is 9.97 Å². The molecule has 0 radical (unpaired) electrons. The summed E-state index contributed by atoms with van der Waals surface area (Å²) < 4.78 is 11.3. The van der Waals surface area contributed by atoms with E-state index in [9.17, 15) is 4.55 Å². The molecule has 0 amide bonds. The van der Waals surface area contributed by atoms with Crippen molar-refractivity contribution in [3.8, 4) is 0 Å². The van der Waals surface area contributed by atoms with Crippen molar-refractivity contribution in [3.63, 3.8) is 0 Å². The van der Waals surface area contributed by atoms with Crippen molar-refractivity contribution in [1.82, 2.24) is 9.97 Å². The molecule has 1 unspecified atom stereocenters. The third kappa shape index (κ3) is 1.77. The molecular formula is C10H14N2OS. The number of aryl methyl sites for hydroxylation is 2. The summed E-state index contributed by atoms with van der Waals surface area (Å²) in [5.74, 6) is 0. The first kappa shape index (κ1) is 9.93. The molecule has 0 aliphatic heterocycles. The lowest BCUT2D eigenvalue weighted by molar-refractivity contribution is 0.583. The molecule has 2 rings (SSSR count). The molecular weight excluding hydrogens is 196 g/mol. The molecule has 14 heavy (non-hydrogen) atoms. The number of fused-ring (bicyclic) bond motifs is 1. The number of nitrogens with zero attached hydrogens (tertiary/aromatic N) is 2. The van der Waals surface area contributed by atoms with E-state index < -0.39 is 11.2 Å². The standard InChI is InChI=1S/C10H14N2OS/c1-7-8-5-3-4-6-9(8)12-10(11-7)14(2)13/h3-6H2,1-2H3. The fourth-order valence-corrected chi connectivity index (χ4v) is 2.39. The highest BCUT2D eigenvalue weighted by atomic mass is 32.2. The van der Waals surface area contributed by atoms with Crippen molar-refractivity contribution < 1.29 is 4.55 Å². The molecule has 0 aromatic carbocycles. The summed E-state index contributed by atoms with van der Waals surface area (Å²) in [5.41, 5.74) is 3.42. The molecule has 0 fully saturated rings. The molecule has 1 aromatic heterocycles. The van der Waals surface area contributed by atoms with Crippen molar-refractivity contribution >= 4 is 11.2 Å². The van der Waals surface area contributed by atoms with Crippen molar-refractivity contribution in [3.05, 3.63) is 17.0 Å². The number of hydrogen-bond acceptors (Lipinski definition) is 3. The summed E-state index contributed by atoms with van der Waals surface area (Å²) in [5, 5.41) is 0.489. The highest BCUT2D eigenvalue weighted by Gasteiger charge is 2.18. The number of rotatable bonds is 1. The highest BCUT2D eigenvalue weighted by Crippen LogP contribution is 2.22. The predicted molar refractivity (Wildman–Crippen MR) is 55.7 cm³/mol. The Bertz CT molecular complexity index is 352. The monoisotopic (exact) mass is 210 g/mol. The fraction of sp³-hybridized carbons (Fsp3) is 0.600. The Morgan fingerprint density at radius 2 is 1.93 bits per heavy atom. The van der Waals surface area contributed by atoms with Crippen LogP contribution in [0.4, 0.5) is 0 Å². The number of hydrogen-bond donors (Lipinski definition) is 0. The summed E-state index contributed by atoms with van der Waals surface area (Å²) in [4.78, 5) is 8.64. The Labute approximate surface area is 87.1 Å². The van der Waals surface area contributed by atoms with E-state index in [2.05, 4.69) is 9.97 Å². The lowest BCUT2D eigenvalue weighted by Gasteiger charge is -2.16. The van der Waals surface area contributed by atoms with Crippen LogP contribution in [0, 0.1) is 6.92 Å². The van der Waals surface area contributed by atoms with Crippen LogP contribution in [0.1, 0.15) is 29.8 Å². The van der Waals surface area contributed by atoms with Gasteiger partial charge in [0.25, 0.3) is 0 Å². The lowest BCUT2D eigenvalue weighted by atomic mass is 9.95. The van der Waals surface area contributed by atoms with Gasteiger partial charge in [-0.1, -0.05) is 0 Å². The Balaban J connectivity index is 2.46. The zero-order chi connectivity index (χ0) is 10.1. The third-order valence-electron chi connectivity index (χ3n) is 2.63. The van der Waals surface area contributed by atoms with Crippen molar-refractivity contribution in [1.29, 1.82) is 0 Å². The second-order valence-corrected chi connectivity index (χ2v) is 4.95. The van der Waals surface area contributed by atoms with Gasteiger partial charge in [-0.3, -0.25) is 0 Å². The first-order valence-electron chi connectivity index (χ1n) is 4.88. The second kappa shape index (κ2) is 3.87. The minimum Gasteiger partial charge on any atom is -0.609 e. The molecule has 1 aromatic rings. The quantitative estimate of drug-likeness (QED) is 0.520. The van der Waals surface area contributed by atoms with Crippen LogP contribution >= 0.6 is 0 Å². The van der Waals surface area contributed by atoms with Gasteiger partial charge in [0, 0.05) is 16.9 Å². The average Bonchev–Trinajstić information content (AvgIpc) is 2.17. The summed E-state index contributed by atoms with van der Waals surface area (Å²) in [6.07, 6.45) is 6.15. The Kier molecular flexibility index (Phi) is 2.74. The van der Waals surface area contributed by atoms with Crippen LogP contribution in [0.5, 0.6) is 0 Å². The lowest BCUT2D eigenvalue weighted by Crippen LogP contribution is -2.14. The SMILES string of the molecule is Cc1nc([S+](C)[O-])nc2c1CCCC2. The van der Waals surface area contributed by atoms with Crippen LogP contribution < -0.4 is 0 Å². The van der Waals surface area contributed by atoms with Gasteiger partial charge in [-0.15, -0.1) is 0 Å². The molecule has 1 atom stereocenters. The Hall–Kier alpha value is -0.610. The zero-order valence-electron chi connectivity index (χ0n) is 8.54. The van der Waals surface area contributed by atoms with Gasteiger partial charge in [0.05, 0.1) is 5.69 Å². The van der Waals surface area contributed by atoms with Gasteiger partial charge in [0.2, 0.25) is 0 Å². The summed E-state index contributed by atoms with van der Waals surface area (Å²) in [6.45, 7) is 1.99. The topological polar surface area (TPSA) is 48.8 Å². The maximum Gasteiger partial charge on any atom is 0.342 e.